The van der Waals surface area contributed by atoms with E-state index in [1.807, 2.05) is 17.7 Å². The van der Waals surface area contributed by atoms with Gasteiger partial charge in [-0.3, -0.25) is 0 Å². The zero-order valence-electron chi connectivity index (χ0n) is 11.7. The molecule has 0 aliphatic carbocycles. The minimum absolute atomic E-state index is 0.119. The standard InChI is InChI=1S/C15H17F3N2O/c1-2-14-19-8-10-20(14)9-5-11-21-13-7-4-3-6-12(13)15(16,17)18/h3-4,6-8,10H,2,5,9,11H2,1H3. The maximum absolute atomic E-state index is 12.8. The van der Waals surface area contributed by atoms with Gasteiger partial charge in [0.25, 0.3) is 0 Å². The molecule has 21 heavy (non-hydrogen) atoms. The molecule has 6 heteroatoms. The number of halogens is 3. The Hall–Kier alpha value is -1.98. The lowest BCUT2D eigenvalue weighted by Gasteiger charge is -2.14. The Kier molecular flexibility index (Phi) is 4.88. The van der Waals surface area contributed by atoms with E-state index in [1.54, 1.807) is 6.20 Å². The molecule has 0 atom stereocenters. The van der Waals surface area contributed by atoms with E-state index in [0.717, 1.165) is 18.3 Å². The van der Waals surface area contributed by atoms with Crippen molar-refractivity contribution in [2.45, 2.75) is 32.5 Å². The van der Waals surface area contributed by atoms with Crippen molar-refractivity contribution >= 4 is 0 Å². The minimum atomic E-state index is -4.39. The summed E-state index contributed by atoms with van der Waals surface area (Å²) in [6.45, 7) is 2.92. The van der Waals surface area contributed by atoms with Crippen LogP contribution in [-0.2, 0) is 19.1 Å². The van der Waals surface area contributed by atoms with Crippen molar-refractivity contribution in [3.8, 4) is 5.75 Å². The normalized spacial score (nSPS) is 11.6. The molecule has 0 aliphatic heterocycles. The van der Waals surface area contributed by atoms with Crippen molar-refractivity contribution in [3.05, 3.63) is 48.0 Å². The van der Waals surface area contributed by atoms with Crippen LogP contribution in [0.25, 0.3) is 0 Å². The molecule has 2 aromatic rings. The van der Waals surface area contributed by atoms with Gasteiger partial charge < -0.3 is 9.30 Å². The Labute approximate surface area is 121 Å². The minimum Gasteiger partial charge on any atom is -0.493 e. The lowest BCUT2D eigenvalue weighted by molar-refractivity contribution is -0.138. The quantitative estimate of drug-likeness (QED) is 0.755. The van der Waals surface area contributed by atoms with Gasteiger partial charge in [0.2, 0.25) is 0 Å². The zero-order chi connectivity index (χ0) is 15.3. The van der Waals surface area contributed by atoms with Crippen LogP contribution in [0.15, 0.2) is 36.7 Å². The lowest BCUT2D eigenvalue weighted by atomic mass is 10.2. The highest BCUT2D eigenvalue weighted by Gasteiger charge is 2.33. The van der Waals surface area contributed by atoms with Crippen LogP contribution in [0.3, 0.4) is 0 Å². The summed E-state index contributed by atoms with van der Waals surface area (Å²) in [5.74, 6) is 0.844. The Bertz CT molecular complexity index is 578. The summed E-state index contributed by atoms with van der Waals surface area (Å²) in [4.78, 5) is 4.19. The first-order valence-corrected chi connectivity index (χ1v) is 6.81. The largest absolute Gasteiger partial charge is 0.493 e. The molecule has 0 bridgehead atoms. The van der Waals surface area contributed by atoms with Gasteiger partial charge in [-0.1, -0.05) is 19.1 Å². The predicted molar refractivity (Wildman–Crippen MR) is 73.2 cm³/mol. The average molecular weight is 298 g/mol. The summed E-state index contributed by atoms with van der Waals surface area (Å²) in [5.41, 5.74) is -0.734. The van der Waals surface area contributed by atoms with E-state index in [1.165, 1.54) is 18.2 Å². The number of para-hydroxylation sites is 1. The van der Waals surface area contributed by atoms with Crippen molar-refractivity contribution in [2.75, 3.05) is 6.61 Å². The molecule has 1 heterocycles. The van der Waals surface area contributed by atoms with Gasteiger partial charge in [-0.15, -0.1) is 0 Å². The first-order chi connectivity index (χ1) is 10.0. The summed E-state index contributed by atoms with van der Waals surface area (Å²) in [7, 11) is 0. The molecule has 0 saturated heterocycles. The molecule has 0 aliphatic rings. The fourth-order valence-electron chi connectivity index (χ4n) is 2.10. The van der Waals surface area contributed by atoms with Crippen LogP contribution in [-0.4, -0.2) is 16.2 Å². The van der Waals surface area contributed by atoms with Crippen molar-refractivity contribution in [3.63, 3.8) is 0 Å². The number of hydrogen-bond acceptors (Lipinski definition) is 2. The number of alkyl halides is 3. The highest BCUT2D eigenvalue weighted by Crippen LogP contribution is 2.35. The van der Waals surface area contributed by atoms with Crippen LogP contribution >= 0.6 is 0 Å². The second kappa shape index (κ2) is 6.65. The van der Waals surface area contributed by atoms with E-state index in [9.17, 15) is 13.2 Å². The first-order valence-electron chi connectivity index (χ1n) is 6.81. The zero-order valence-corrected chi connectivity index (χ0v) is 11.7. The summed E-state index contributed by atoms with van der Waals surface area (Å²) in [6.07, 6.45) is 0.637. The third-order valence-corrected chi connectivity index (χ3v) is 3.11. The maximum atomic E-state index is 12.8. The molecular formula is C15H17F3N2O. The smallest absolute Gasteiger partial charge is 0.419 e. The monoisotopic (exact) mass is 298 g/mol. The van der Waals surface area contributed by atoms with Crippen LogP contribution in [0.4, 0.5) is 13.2 Å². The molecule has 2 rings (SSSR count). The van der Waals surface area contributed by atoms with E-state index in [4.69, 9.17) is 4.74 Å². The molecule has 0 radical (unpaired) electrons. The molecule has 0 saturated carbocycles. The van der Waals surface area contributed by atoms with Gasteiger partial charge in [0.15, 0.2) is 0 Å². The van der Waals surface area contributed by atoms with Gasteiger partial charge in [-0.2, -0.15) is 13.2 Å². The Morgan fingerprint density at radius 2 is 2.00 bits per heavy atom. The van der Waals surface area contributed by atoms with Gasteiger partial charge in [0, 0.05) is 25.4 Å². The summed E-state index contributed by atoms with van der Waals surface area (Å²) in [6, 6.07) is 5.27. The second-order valence-corrected chi connectivity index (χ2v) is 4.59. The van der Waals surface area contributed by atoms with Crippen LogP contribution in [0.5, 0.6) is 5.75 Å². The molecule has 3 nitrogen and oxygen atoms in total. The van der Waals surface area contributed by atoms with Crippen LogP contribution < -0.4 is 4.74 Å². The summed E-state index contributed by atoms with van der Waals surface area (Å²) in [5, 5.41) is 0. The Morgan fingerprint density at radius 1 is 1.24 bits per heavy atom. The van der Waals surface area contributed by atoms with E-state index < -0.39 is 11.7 Å². The van der Waals surface area contributed by atoms with Crippen LogP contribution in [0.1, 0.15) is 24.7 Å². The second-order valence-electron chi connectivity index (χ2n) is 4.59. The number of aromatic nitrogens is 2. The van der Waals surface area contributed by atoms with Crippen molar-refractivity contribution in [1.29, 1.82) is 0 Å². The number of rotatable bonds is 6. The number of nitrogens with zero attached hydrogens (tertiary/aromatic N) is 2. The van der Waals surface area contributed by atoms with E-state index in [0.29, 0.717) is 13.0 Å². The van der Waals surface area contributed by atoms with Gasteiger partial charge >= 0.3 is 6.18 Å². The summed E-state index contributed by atoms with van der Waals surface area (Å²) >= 11 is 0. The van der Waals surface area contributed by atoms with Gasteiger partial charge in [-0.25, -0.2) is 4.98 Å². The molecule has 1 aromatic carbocycles. The third kappa shape index (κ3) is 4.00. The number of ether oxygens (including phenoxy) is 1. The van der Waals surface area contributed by atoms with E-state index >= 15 is 0 Å². The molecule has 1 aromatic heterocycles. The van der Waals surface area contributed by atoms with E-state index in [-0.39, 0.29) is 12.4 Å². The molecular weight excluding hydrogens is 281 g/mol. The molecule has 0 N–H and O–H groups in total. The lowest BCUT2D eigenvalue weighted by Crippen LogP contribution is -2.11. The highest BCUT2D eigenvalue weighted by atomic mass is 19.4. The fourth-order valence-corrected chi connectivity index (χ4v) is 2.10. The Morgan fingerprint density at radius 3 is 2.71 bits per heavy atom. The molecule has 0 amide bonds. The molecule has 0 fully saturated rings. The highest BCUT2D eigenvalue weighted by molar-refractivity contribution is 5.35. The topological polar surface area (TPSA) is 27.1 Å². The molecule has 0 unspecified atom stereocenters. The van der Waals surface area contributed by atoms with E-state index in [2.05, 4.69) is 4.98 Å². The van der Waals surface area contributed by atoms with Gasteiger partial charge in [-0.05, 0) is 18.6 Å². The number of imidazole rings is 1. The van der Waals surface area contributed by atoms with Gasteiger partial charge in [0.05, 0.1) is 12.2 Å². The van der Waals surface area contributed by atoms with Crippen molar-refractivity contribution in [1.82, 2.24) is 9.55 Å². The van der Waals surface area contributed by atoms with Crippen molar-refractivity contribution < 1.29 is 17.9 Å². The van der Waals surface area contributed by atoms with Crippen molar-refractivity contribution in [2.24, 2.45) is 0 Å². The van der Waals surface area contributed by atoms with Crippen LogP contribution in [0.2, 0.25) is 0 Å². The fraction of sp³-hybridized carbons (Fsp3) is 0.400. The third-order valence-electron chi connectivity index (χ3n) is 3.11. The maximum Gasteiger partial charge on any atom is 0.419 e. The molecule has 0 spiro atoms. The van der Waals surface area contributed by atoms with Crippen LogP contribution in [0, 0.1) is 0 Å². The predicted octanol–water partition coefficient (Wildman–Crippen LogP) is 3.93. The first kappa shape index (κ1) is 15.4. The average Bonchev–Trinajstić information content (AvgIpc) is 2.90. The SMILES string of the molecule is CCc1nccn1CCCOc1ccccc1C(F)(F)F. The number of aryl methyl sites for hydroxylation is 2. The Balaban J connectivity index is 1.90. The molecule has 114 valence electrons. The number of benzene rings is 1. The van der Waals surface area contributed by atoms with Gasteiger partial charge in [0.1, 0.15) is 11.6 Å². The summed E-state index contributed by atoms with van der Waals surface area (Å²) < 4.78 is 45.6. The number of hydrogen-bond donors (Lipinski definition) is 0.